The zero-order chi connectivity index (χ0) is 15.9. The lowest BCUT2D eigenvalue weighted by Gasteiger charge is -2.23. The van der Waals surface area contributed by atoms with Crippen LogP contribution in [0.4, 0.5) is 0 Å². The van der Waals surface area contributed by atoms with Gasteiger partial charge in [0.25, 0.3) is 0 Å². The molecule has 1 atom stereocenters. The second-order valence-corrected chi connectivity index (χ2v) is 9.26. The maximum absolute atomic E-state index is 12.8. The minimum absolute atomic E-state index is 0.150. The number of hydrogen-bond acceptors (Lipinski definition) is 5. The van der Waals surface area contributed by atoms with Gasteiger partial charge < -0.3 is 10.3 Å². The summed E-state index contributed by atoms with van der Waals surface area (Å²) in [6, 6.07) is 4.84. The summed E-state index contributed by atoms with van der Waals surface area (Å²) in [7, 11) is -3.71. The number of pyridine rings is 1. The summed E-state index contributed by atoms with van der Waals surface area (Å²) in [5.74, 6) is 0.709. The van der Waals surface area contributed by atoms with Gasteiger partial charge in [0.15, 0.2) is 9.84 Å². The van der Waals surface area contributed by atoms with Crippen molar-refractivity contribution in [2.45, 2.75) is 16.4 Å². The molecule has 2 heterocycles. The third-order valence-corrected chi connectivity index (χ3v) is 7.92. The molecule has 22 heavy (non-hydrogen) atoms. The molecule has 1 unspecified atom stereocenters. The van der Waals surface area contributed by atoms with E-state index in [1.54, 1.807) is 19.1 Å². The average Bonchev–Trinajstić information content (AvgIpc) is 2.49. The molecule has 1 aromatic carbocycles. The molecule has 1 aromatic heterocycles. The Morgan fingerprint density at radius 2 is 2.14 bits per heavy atom. The summed E-state index contributed by atoms with van der Waals surface area (Å²) < 4.78 is 25.0. The van der Waals surface area contributed by atoms with Crippen molar-refractivity contribution in [3.8, 4) is 0 Å². The average molecular weight is 359 g/mol. The van der Waals surface area contributed by atoms with Crippen LogP contribution in [0.5, 0.6) is 0 Å². The summed E-state index contributed by atoms with van der Waals surface area (Å²) in [6.45, 7) is 2.74. The molecule has 0 aliphatic carbocycles. The van der Waals surface area contributed by atoms with Gasteiger partial charge in [0.05, 0.1) is 0 Å². The number of rotatable bonds is 2. The first-order valence-corrected chi connectivity index (χ1v) is 9.77. The van der Waals surface area contributed by atoms with Crippen LogP contribution in [0.25, 0.3) is 10.9 Å². The Morgan fingerprint density at radius 1 is 1.36 bits per heavy atom. The summed E-state index contributed by atoms with van der Waals surface area (Å²) in [4.78, 5) is 15.6. The molecule has 1 aliphatic rings. The van der Waals surface area contributed by atoms with Gasteiger partial charge in [-0.25, -0.2) is 8.42 Å². The maximum atomic E-state index is 12.8. The van der Waals surface area contributed by atoms with Crippen LogP contribution in [0.15, 0.2) is 27.9 Å². The number of fused-ring (bicyclic) bond motifs is 1. The molecule has 3 rings (SSSR count). The minimum atomic E-state index is -3.71. The molecule has 0 radical (unpaired) electrons. The first-order chi connectivity index (χ1) is 10.4. The van der Waals surface area contributed by atoms with Crippen LogP contribution in [-0.2, 0) is 9.84 Å². The number of aromatic amines is 1. The summed E-state index contributed by atoms with van der Waals surface area (Å²) in [6.07, 6.45) is 0. The van der Waals surface area contributed by atoms with E-state index in [0.29, 0.717) is 33.9 Å². The van der Waals surface area contributed by atoms with Gasteiger partial charge in [0.2, 0.25) is 5.43 Å². The van der Waals surface area contributed by atoms with E-state index in [-0.39, 0.29) is 4.90 Å². The molecule has 0 bridgehead atoms. The second kappa shape index (κ2) is 5.88. The number of H-pyrrole nitrogens is 1. The molecule has 1 fully saturated rings. The van der Waals surface area contributed by atoms with Crippen LogP contribution in [0.2, 0.25) is 5.02 Å². The van der Waals surface area contributed by atoms with Crippen LogP contribution >= 0.6 is 23.4 Å². The van der Waals surface area contributed by atoms with E-state index in [2.05, 4.69) is 10.3 Å². The molecule has 2 aromatic rings. The second-order valence-electron chi connectivity index (χ2n) is 5.15. The fourth-order valence-corrected chi connectivity index (χ4v) is 6.25. The Kier molecular flexibility index (Phi) is 4.24. The predicted molar refractivity (Wildman–Crippen MR) is 90.6 cm³/mol. The molecule has 2 N–H and O–H groups in total. The zero-order valence-electron chi connectivity index (χ0n) is 11.8. The monoisotopic (exact) mass is 358 g/mol. The summed E-state index contributed by atoms with van der Waals surface area (Å²) in [5.41, 5.74) is 0.464. The largest absolute Gasteiger partial charge is 0.357 e. The van der Waals surface area contributed by atoms with E-state index >= 15 is 0 Å². The van der Waals surface area contributed by atoms with Crippen molar-refractivity contribution in [1.82, 2.24) is 10.3 Å². The summed E-state index contributed by atoms with van der Waals surface area (Å²) >= 11 is 7.29. The molecule has 0 amide bonds. The lowest BCUT2D eigenvalue weighted by Crippen LogP contribution is -2.39. The van der Waals surface area contributed by atoms with E-state index < -0.39 is 19.8 Å². The van der Waals surface area contributed by atoms with Gasteiger partial charge in [-0.05, 0) is 25.1 Å². The first-order valence-electron chi connectivity index (χ1n) is 6.79. The van der Waals surface area contributed by atoms with E-state index in [0.717, 1.165) is 6.54 Å². The fraction of sp³-hybridized carbons (Fsp3) is 0.357. The Balaban J connectivity index is 2.24. The lowest BCUT2D eigenvalue weighted by atomic mass is 10.2. The molecule has 1 saturated heterocycles. The number of sulfone groups is 1. The quantitative estimate of drug-likeness (QED) is 0.857. The Bertz CT molecular complexity index is 887. The number of halogens is 1. The number of nitrogens with one attached hydrogen (secondary N) is 2. The highest BCUT2D eigenvalue weighted by molar-refractivity contribution is 8.13. The topological polar surface area (TPSA) is 79.0 Å². The third kappa shape index (κ3) is 2.67. The predicted octanol–water partition coefficient (Wildman–Crippen LogP) is 1.93. The van der Waals surface area contributed by atoms with E-state index in [9.17, 15) is 13.2 Å². The van der Waals surface area contributed by atoms with Crippen LogP contribution in [0.1, 0.15) is 5.69 Å². The van der Waals surface area contributed by atoms with Gasteiger partial charge >= 0.3 is 0 Å². The molecule has 5 nitrogen and oxygen atoms in total. The van der Waals surface area contributed by atoms with Crippen molar-refractivity contribution < 1.29 is 8.42 Å². The molecular weight excluding hydrogens is 344 g/mol. The fourth-order valence-electron chi connectivity index (χ4n) is 2.58. The van der Waals surface area contributed by atoms with Gasteiger partial charge in [-0.15, -0.1) is 11.8 Å². The molecule has 0 spiro atoms. The lowest BCUT2D eigenvalue weighted by molar-refractivity contribution is 0.584. The number of benzene rings is 1. The van der Waals surface area contributed by atoms with E-state index in [1.807, 2.05) is 0 Å². The molecule has 8 heteroatoms. The first kappa shape index (κ1) is 15.9. The van der Waals surface area contributed by atoms with Crippen LogP contribution in [-0.4, -0.2) is 36.8 Å². The summed E-state index contributed by atoms with van der Waals surface area (Å²) in [5, 5.41) is 3.76. The zero-order valence-corrected chi connectivity index (χ0v) is 14.2. The van der Waals surface area contributed by atoms with Crippen LogP contribution < -0.4 is 10.7 Å². The van der Waals surface area contributed by atoms with Crippen molar-refractivity contribution >= 4 is 44.1 Å². The molecule has 1 aliphatic heterocycles. The van der Waals surface area contributed by atoms with E-state index in [4.69, 9.17) is 11.6 Å². The van der Waals surface area contributed by atoms with Crippen molar-refractivity contribution in [2.75, 3.05) is 18.8 Å². The van der Waals surface area contributed by atoms with Crippen molar-refractivity contribution in [3.63, 3.8) is 0 Å². The van der Waals surface area contributed by atoms with Crippen molar-refractivity contribution in [1.29, 1.82) is 0 Å². The van der Waals surface area contributed by atoms with Crippen molar-refractivity contribution in [2.24, 2.45) is 0 Å². The molecule has 0 saturated carbocycles. The van der Waals surface area contributed by atoms with Gasteiger partial charge in [0.1, 0.15) is 9.48 Å². The van der Waals surface area contributed by atoms with Gasteiger partial charge in [-0.1, -0.05) is 11.6 Å². The van der Waals surface area contributed by atoms with E-state index in [1.165, 1.54) is 17.8 Å². The maximum Gasteiger partial charge on any atom is 0.208 e. The Labute approximate surface area is 137 Å². The van der Waals surface area contributed by atoms with Crippen molar-refractivity contribution in [3.05, 3.63) is 39.1 Å². The molecular formula is C14H15ClN2O3S2. The number of hydrogen-bond donors (Lipinski definition) is 2. The Morgan fingerprint density at radius 3 is 2.82 bits per heavy atom. The highest BCUT2D eigenvalue weighted by Gasteiger charge is 2.33. The highest BCUT2D eigenvalue weighted by Crippen LogP contribution is 2.27. The third-order valence-electron chi connectivity index (χ3n) is 3.62. The normalized spacial score (nSPS) is 19.5. The SMILES string of the molecule is Cc1[nH]c2ccc(Cl)cc2c(=O)c1S(=O)(=O)C1CNCCS1. The van der Waals surface area contributed by atoms with Gasteiger partial charge in [0, 0.05) is 40.5 Å². The van der Waals surface area contributed by atoms with Gasteiger partial charge in [-0.3, -0.25) is 4.79 Å². The standard InChI is InChI=1S/C14H15ClN2O3S2/c1-8-14(22(19,20)12-7-16-4-5-21-12)13(18)10-6-9(15)2-3-11(10)17-8/h2-3,6,12,16H,4-5,7H2,1H3,(H,17,18). The number of aryl methyl sites for hydroxylation is 1. The Hall–Kier alpha value is -1.02. The number of thioether (sulfide) groups is 1. The van der Waals surface area contributed by atoms with Crippen LogP contribution in [0.3, 0.4) is 0 Å². The van der Waals surface area contributed by atoms with Crippen LogP contribution in [0, 0.1) is 6.92 Å². The smallest absolute Gasteiger partial charge is 0.208 e. The number of aromatic nitrogens is 1. The highest BCUT2D eigenvalue weighted by atomic mass is 35.5. The minimum Gasteiger partial charge on any atom is -0.357 e. The van der Waals surface area contributed by atoms with Gasteiger partial charge in [-0.2, -0.15) is 0 Å². The molecule has 118 valence electrons.